The van der Waals surface area contributed by atoms with Crippen molar-refractivity contribution in [1.29, 1.82) is 0 Å². The number of hydrogen-bond acceptors (Lipinski definition) is 10. The van der Waals surface area contributed by atoms with E-state index in [1.54, 1.807) is 0 Å². The standard InChI is InChI=1S/C25H26O10/c1-32-19-10-14(9-16(13-26)23(19)29)5-7-17(27)22(25(31)35-4)18(28)8-6-15-11-20(33-2)24(30)21(12-15)34-3/h5-12,22,26,29-30H,13H2,1-4H3/b7-5+,8-6+. The largest absolute Gasteiger partial charge is 0.504 e. The Morgan fingerprint density at radius 2 is 1.20 bits per heavy atom. The number of aromatic hydroxyl groups is 2. The zero-order valence-corrected chi connectivity index (χ0v) is 19.6. The Bertz CT molecular complexity index is 1030. The third-order valence-electron chi connectivity index (χ3n) is 4.95. The molecule has 0 fully saturated rings. The molecule has 186 valence electrons. The topological polar surface area (TPSA) is 149 Å². The molecule has 1 unspecified atom stereocenters. The van der Waals surface area contributed by atoms with E-state index in [0.29, 0.717) is 11.1 Å². The highest BCUT2D eigenvalue weighted by molar-refractivity contribution is 6.24. The van der Waals surface area contributed by atoms with Crippen LogP contribution in [-0.2, 0) is 25.7 Å². The molecule has 0 amide bonds. The molecule has 10 heteroatoms. The molecule has 0 aliphatic rings. The maximum atomic E-state index is 12.8. The van der Waals surface area contributed by atoms with Crippen LogP contribution in [0.1, 0.15) is 16.7 Å². The average Bonchev–Trinajstić information content (AvgIpc) is 2.87. The molecule has 10 nitrogen and oxygen atoms in total. The van der Waals surface area contributed by atoms with Crippen LogP contribution in [0.3, 0.4) is 0 Å². The van der Waals surface area contributed by atoms with E-state index in [2.05, 4.69) is 4.74 Å². The van der Waals surface area contributed by atoms with Gasteiger partial charge in [0.25, 0.3) is 0 Å². The molecule has 2 aromatic rings. The van der Waals surface area contributed by atoms with Crippen LogP contribution in [-0.4, -0.2) is 61.3 Å². The minimum Gasteiger partial charge on any atom is -0.504 e. The number of benzene rings is 2. The number of hydrogen-bond donors (Lipinski definition) is 3. The monoisotopic (exact) mass is 486 g/mol. The van der Waals surface area contributed by atoms with Gasteiger partial charge < -0.3 is 34.3 Å². The van der Waals surface area contributed by atoms with E-state index in [0.717, 1.165) is 19.3 Å². The summed E-state index contributed by atoms with van der Waals surface area (Å²) in [4.78, 5) is 37.7. The Balaban J connectivity index is 2.33. The van der Waals surface area contributed by atoms with Gasteiger partial charge >= 0.3 is 5.97 Å². The second-order valence-corrected chi connectivity index (χ2v) is 7.09. The number of carbonyl (C=O) groups is 3. The predicted octanol–water partition coefficient (Wildman–Crippen LogP) is 2.27. The van der Waals surface area contributed by atoms with Gasteiger partial charge in [-0.25, -0.2) is 0 Å². The molecule has 0 bridgehead atoms. The van der Waals surface area contributed by atoms with Crippen LogP contribution in [0.15, 0.2) is 36.4 Å². The van der Waals surface area contributed by atoms with Crippen LogP contribution < -0.4 is 14.2 Å². The molecule has 2 rings (SSSR count). The van der Waals surface area contributed by atoms with E-state index in [1.807, 2.05) is 0 Å². The maximum absolute atomic E-state index is 12.8. The van der Waals surface area contributed by atoms with Crippen molar-refractivity contribution in [3.05, 3.63) is 53.1 Å². The number of ketones is 2. The lowest BCUT2D eigenvalue weighted by Gasteiger charge is -2.10. The number of esters is 1. The summed E-state index contributed by atoms with van der Waals surface area (Å²) in [5, 5.41) is 29.4. The van der Waals surface area contributed by atoms with Gasteiger partial charge in [-0.2, -0.15) is 0 Å². The van der Waals surface area contributed by atoms with Crippen molar-refractivity contribution in [3.8, 4) is 28.7 Å². The molecule has 0 aliphatic heterocycles. The van der Waals surface area contributed by atoms with Gasteiger partial charge in [0.15, 0.2) is 40.5 Å². The number of allylic oxidation sites excluding steroid dienone is 2. The predicted molar refractivity (Wildman–Crippen MR) is 125 cm³/mol. The van der Waals surface area contributed by atoms with Crippen molar-refractivity contribution < 1.29 is 48.7 Å². The van der Waals surface area contributed by atoms with Crippen LogP contribution in [0, 0.1) is 5.92 Å². The third-order valence-corrected chi connectivity index (χ3v) is 4.95. The fraction of sp³-hybridized carbons (Fsp3) is 0.240. The maximum Gasteiger partial charge on any atom is 0.324 e. The van der Waals surface area contributed by atoms with E-state index < -0.39 is 30.1 Å². The SMILES string of the molecule is COC(=O)C(C(=O)/C=C/c1cc(CO)c(O)c(OC)c1)C(=O)/C=C/c1cc(OC)c(O)c(OC)c1. The van der Waals surface area contributed by atoms with Crippen molar-refractivity contribution in [2.75, 3.05) is 28.4 Å². The lowest BCUT2D eigenvalue weighted by Crippen LogP contribution is -2.30. The van der Waals surface area contributed by atoms with Crippen LogP contribution in [0.2, 0.25) is 0 Å². The molecule has 1 atom stereocenters. The molecule has 0 aliphatic carbocycles. The molecular formula is C25H26O10. The summed E-state index contributed by atoms with van der Waals surface area (Å²) in [6.45, 7) is -0.473. The summed E-state index contributed by atoms with van der Waals surface area (Å²) < 4.78 is 19.8. The third kappa shape index (κ3) is 6.39. The number of phenolic OH excluding ortho intramolecular Hbond substituents is 1. The zero-order chi connectivity index (χ0) is 26.1. The summed E-state index contributed by atoms with van der Waals surface area (Å²) in [6, 6.07) is 5.71. The summed E-state index contributed by atoms with van der Waals surface area (Å²) in [5.41, 5.74) is 0.954. The molecule has 0 saturated heterocycles. The highest BCUT2D eigenvalue weighted by atomic mass is 16.5. The number of aliphatic hydroxyl groups excluding tert-OH is 1. The fourth-order valence-electron chi connectivity index (χ4n) is 3.11. The number of phenols is 2. The van der Waals surface area contributed by atoms with Crippen LogP contribution in [0.5, 0.6) is 28.7 Å². The van der Waals surface area contributed by atoms with E-state index in [4.69, 9.17) is 14.2 Å². The van der Waals surface area contributed by atoms with E-state index in [1.165, 1.54) is 57.7 Å². The fourth-order valence-corrected chi connectivity index (χ4v) is 3.11. The number of carbonyl (C=O) groups excluding carboxylic acids is 3. The number of rotatable bonds is 11. The molecule has 0 spiro atoms. The van der Waals surface area contributed by atoms with Gasteiger partial charge in [0.1, 0.15) is 0 Å². The van der Waals surface area contributed by atoms with Gasteiger partial charge in [-0.3, -0.25) is 14.4 Å². The van der Waals surface area contributed by atoms with E-state index in [9.17, 15) is 29.7 Å². The Kier molecular flexibility index (Phi) is 9.42. The Labute approximate surface area is 201 Å². The lowest BCUT2D eigenvalue weighted by molar-refractivity contribution is -0.150. The van der Waals surface area contributed by atoms with Crippen molar-refractivity contribution in [2.45, 2.75) is 6.61 Å². The minimum absolute atomic E-state index is 0.0759. The molecule has 2 aromatic carbocycles. The highest BCUT2D eigenvalue weighted by Gasteiger charge is 2.31. The van der Waals surface area contributed by atoms with Crippen molar-refractivity contribution >= 4 is 29.7 Å². The minimum atomic E-state index is -1.76. The second-order valence-electron chi connectivity index (χ2n) is 7.09. The van der Waals surface area contributed by atoms with E-state index >= 15 is 0 Å². The normalized spacial score (nSPS) is 11.9. The number of aliphatic hydroxyl groups is 1. The smallest absolute Gasteiger partial charge is 0.324 e. The van der Waals surface area contributed by atoms with Crippen LogP contribution in [0.4, 0.5) is 0 Å². The van der Waals surface area contributed by atoms with Crippen molar-refractivity contribution in [2.24, 2.45) is 5.92 Å². The van der Waals surface area contributed by atoms with Crippen molar-refractivity contribution in [1.82, 2.24) is 0 Å². The van der Waals surface area contributed by atoms with Crippen LogP contribution >= 0.6 is 0 Å². The summed E-state index contributed by atoms with van der Waals surface area (Å²) >= 11 is 0. The molecule has 0 radical (unpaired) electrons. The van der Waals surface area contributed by atoms with Gasteiger partial charge in [0, 0.05) is 5.56 Å². The average molecular weight is 486 g/mol. The summed E-state index contributed by atoms with van der Waals surface area (Å²) in [5.74, 6) is -4.67. The number of methoxy groups -OCH3 is 4. The van der Waals surface area contributed by atoms with Gasteiger partial charge in [-0.15, -0.1) is 0 Å². The second kappa shape index (κ2) is 12.2. The molecule has 0 aromatic heterocycles. The quantitative estimate of drug-likeness (QED) is 0.245. The van der Waals surface area contributed by atoms with Crippen molar-refractivity contribution in [3.63, 3.8) is 0 Å². The first-order valence-corrected chi connectivity index (χ1v) is 10.2. The van der Waals surface area contributed by atoms with E-state index in [-0.39, 0.29) is 34.3 Å². The molecule has 0 heterocycles. The summed E-state index contributed by atoms with van der Waals surface area (Å²) in [6.07, 6.45) is 4.70. The summed E-state index contributed by atoms with van der Waals surface area (Å²) in [7, 11) is 5.07. The molecule has 0 saturated carbocycles. The first-order chi connectivity index (χ1) is 16.7. The first-order valence-electron chi connectivity index (χ1n) is 10.2. The highest BCUT2D eigenvalue weighted by Crippen LogP contribution is 2.37. The Morgan fingerprint density at radius 3 is 1.60 bits per heavy atom. The van der Waals surface area contributed by atoms with Gasteiger partial charge in [-0.05, 0) is 47.5 Å². The van der Waals surface area contributed by atoms with Crippen LogP contribution in [0.25, 0.3) is 12.2 Å². The Hall–Kier alpha value is -4.31. The molecule has 35 heavy (non-hydrogen) atoms. The molecule has 3 N–H and O–H groups in total. The Morgan fingerprint density at radius 1 is 0.771 bits per heavy atom. The number of ether oxygens (including phenoxy) is 4. The lowest BCUT2D eigenvalue weighted by atomic mass is 9.96. The van der Waals surface area contributed by atoms with Gasteiger partial charge in [0.2, 0.25) is 5.75 Å². The molecular weight excluding hydrogens is 460 g/mol. The zero-order valence-electron chi connectivity index (χ0n) is 19.6. The first kappa shape index (κ1) is 26.9. The van der Waals surface area contributed by atoms with Gasteiger partial charge in [0.05, 0.1) is 35.0 Å². The van der Waals surface area contributed by atoms with Gasteiger partial charge in [-0.1, -0.05) is 12.2 Å².